The van der Waals surface area contributed by atoms with Gasteiger partial charge in [0.1, 0.15) is 4.21 Å². The van der Waals surface area contributed by atoms with Gasteiger partial charge >= 0.3 is 0 Å². The van der Waals surface area contributed by atoms with Crippen LogP contribution in [0.3, 0.4) is 0 Å². The number of hydrogen-bond donors (Lipinski definition) is 2. The van der Waals surface area contributed by atoms with Gasteiger partial charge in [-0.05, 0) is 54.6 Å². The zero-order valence-electron chi connectivity index (χ0n) is 15.9. The summed E-state index contributed by atoms with van der Waals surface area (Å²) in [6.45, 7) is 1.54. The Balaban J connectivity index is 1.87. The van der Waals surface area contributed by atoms with Crippen LogP contribution in [0.4, 0.5) is 11.4 Å². The molecule has 0 aliphatic carbocycles. The zero-order chi connectivity index (χ0) is 22.8. The summed E-state index contributed by atoms with van der Waals surface area (Å²) in [5.41, 5.74) is 0.347. The van der Waals surface area contributed by atoms with Crippen LogP contribution in [0.1, 0.15) is 17.3 Å². The van der Waals surface area contributed by atoms with Gasteiger partial charge in [0.25, 0.3) is 15.9 Å². The second-order valence-electron chi connectivity index (χ2n) is 6.24. The Morgan fingerprint density at radius 2 is 1.65 bits per heavy atom. The first-order chi connectivity index (χ1) is 14.5. The van der Waals surface area contributed by atoms with Gasteiger partial charge < -0.3 is 5.32 Å². The van der Waals surface area contributed by atoms with E-state index >= 15 is 0 Å². The topological polar surface area (TPSA) is 109 Å². The van der Waals surface area contributed by atoms with E-state index in [9.17, 15) is 21.6 Å². The first kappa shape index (κ1) is 23.6. The zero-order valence-corrected chi connectivity index (χ0v) is 19.9. The summed E-state index contributed by atoms with van der Waals surface area (Å²) in [5.74, 6) is -0.671. The highest BCUT2D eigenvalue weighted by atomic mass is 35.5. The van der Waals surface area contributed by atoms with Gasteiger partial charge in [0.15, 0.2) is 9.84 Å². The average Bonchev–Trinajstić information content (AvgIpc) is 3.17. The van der Waals surface area contributed by atoms with E-state index < -0.39 is 25.8 Å². The molecule has 0 unspecified atom stereocenters. The molecule has 0 saturated heterocycles. The molecule has 3 rings (SSSR count). The summed E-state index contributed by atoms with van der Waals surface area (Å²) in [4.78, 5) is 12.9. The van der Waals surface area contributed by atoms with Crippen LogP contribution in [-0.4, -0.2) is 28.5 Å². The highest BCUT2D eigenvalue weighted by Crippen LogP contribution is 2.29. The molecular weight excluding hydrogens is 503 g/mol. The van der Waals surface area contributed by atoms with Gasteiger partial charge in [-0.3, -0.25) is 9.52 Å². The molecule has 1 amide bonds. The van der Waals surface area contributed by atoms with Crippen LogP contribution in [0.25, 0.3) is 0 Å². The summed E-state index contributed by atoms with van der Waals surface area (Å²) >= 11 is 12.7. The minimum absolute atomic E-state index is 0.00784. The maximum absolute atomic E-state index is 12.8. The molecule has 0 aliphatic rings. The molecule has 0 radical (unpaired) electrons. The number of sulfone groups is 1. The standard InChI is InChI=1S/C19H16Cl2N2O5S3/c1-2-30(25,26)14-6-4-13(5-7-14)22-19(24)15-11-12(20)3-8-16(15)23-31(27,28)18-10-9-17(21)29-18/h3-11,23H,2H2,1H3,(H,22,24). The van der Waals surface area contributed by atoms with Crippen molar-refractivity contribution in [3.8, 4) is 0 Å². The van der Waals surface area contributed by atoms with E-state index in [4.69, 9.17) is 23.2 Å². The SMILES string of the molecule is CCS(=O)(=O)c1ccc(NC(=O)c2cc(Cl)ccc2NS(=O)(=O)c2ccc(Cl)s2)cc1. The van der Waals surface area contributed by atoms with Crippen LogP contribution >= 0.6 is 34.5 Å². The fourth-order valence-corrected chi connectivity index (χ4v) is 6.16. The van der Waals surface area contributed by atoms with E-state index in [0.717, 1.165) is 11.3 Å². The molecule has 12 heteroatoms. The monoisotopic (exact) mass is 518 g/mol. The van der Waals surface area contributed by atoms with E-state index in [1.54, 1.807) is 0 Å². The highest BCUT2D eigenvalue weighted by molar-refractivity contribution is 7.94. The number of amides is 1. The van der Waals surface area contributed by atoms with Crippen LogP contribution in [0.5, 0.6) is 0 Å². The number of carbonyl (C=O) groups is 1. The molecule has 7 nitrogen and oxygen atoms in total. The van der Waals surface area contributed by atoms with Crippen LogP contribution in [0.2, 0.25) is 9.36 Å². The second-order valence-corrected chi connectivity index (χ2v) is 12.6. The van der Waals surface area contributed by atoms with Crippen molar-refractivity contribution in [2.75, 3.05) is 15.8 Å². The molecule has 2 aromatic carbocycles. The van der Waals surface area contributed by atoms with E-state index in [2.05, 4.69) is 10.0 Å². The third-order valence-electron chi connectivity index (χ3n) is 4.14. The molecule has 0 aliphatic heterocycles. The van der Waals surface area contributed by atoms with Crippen LogP contribution in [0.15, 0.2) is 63.7 Å². The Labute approximate surface area is 194 Å². The van der Waals surface area contributed by atoms with Crippen molar-refractivity contribution in [2.45, 2.75) is 16.0 Å². The van der Waals surface area contributed by atoms with Gasteiger partial charge in [0.05, 0.1) is 26.2 Å². The molecule has 0 atom stereocenters. The molecule has 0 spiro atoms. The number of hydrogen-bond acceptors (Lipinski definition) is 6. The summed E-state index contributed by atoms with van der Waals surface area (Å²) in [6.07, 6.45) is 0. The Morgan fingerprint density at radius 3 is 2.23 bits per heavy atom. The Hall–Kier alpha value is -2.11. The smallest absolute Gasteiger partial charge is 0.271 e. The molecule has 31 heavy (non-hydrogen) atoms. The molecule has 164 valence electrons. The van der Waals surface area contributed by atoms with Gasteiger partial charge in [-0.2, -0.15) is 0 Å². The molecule has 0 saturated carbocycles. The van der Waals surface area contributed by atoms with Gasteiger partial charge in [-0.1, -0.05) is 30.1 Å². The maximum atomic E-state index is 12.8. The highest BCUT2D eigenvalue weighted by Gasteiger charge is 2.21. The fourth-order valence-electron chi connectivity index (χ4n) is 2.54. The molecule has 1 aromatic heterocycles. The minimum Gasteiger partial charge on any atom is -0.322 e. The van der Waals surface area contributed by atoms with Crippen LogP contribution in [0, 0.1) is 0 Å². The molecule has 0 bridgehead atoms. The first-order valence-corrected chi connectivity index (χ1v) is 13.4. The van der Waals surface area contributed by atoms with Crippen molar-refractivity contribution in [1.82, 2.24) is 0 Å². The maximum Gasteiger partial charge on any atom is 0.271 e. The van der Waals surface area contributed by atoms with Gasteiger partial charge in [-0.15, -0.1) is 11.3 Å². The fraction of sp³-hybridized carbons (Fsp3) is 0.105. The van der Waals surface area contributed by atoms with E-state index in [1.165, 1.54) is 61.5 Å². The lowest BCUT2D eigenvalue weighted by Crippen LogP contribution is -2.18. The number of carbonyl (C=O) groups excluding carboxylic acids is 1. The summed E-state index contributed by atoms with van der Waals surface area (Å²) in [6, 6.07) is 12.6. The molecule has 2 N–H and O–H groups in total. The minimum atomic E-state index is -3.96. The van der Waals surface area contributed by atoms with Crippen molar-refractivity contribution in [2.24, 2.45) is 0 Å². The molecule has 3 aromatic rings. The molecule has 1 heterocycles. The quantitative estimate of drug-likeness (QED) is 0.462. The summed E-state index contributed by atoms with van der Waals surface area (Å²) < 4.78 is 51.7. The van der Waals surface area contributed by atoms with Crippen LogP contribution in [-0.2, 0) is 19.9 Å². The van der Waals surface area contributed by atoms with Crippen molar-refractivity contribution in [3.63, 3.8) is 0 Å². The van der Waals surface area contributed by atoms with Crippen molar-refractivity contribution in [1.29, 1.82) is 0 Å². The lowest BCUT2D eigenvalue weighted by atomic mass is 10.1. The number of sulfonamides is 1. The number of benzene rings is 2. The number of rotatable bonds is 7. The summed E-state index contributed by atoms with van der Waals surface area (Å²) in [5, 5.41) is 2.84. The molecular formula is C19H16Cl2N2O5S3. The van der Waals surface area contributed by atoms with Crippen molar-refractivity contribution >= 4 is 71.7 Å². The number of thiophene rings is 1. The van der Waals surface area contributed by atoms with Gasteiger partial charge in [0, 0.05) is 10.7 Å². The number of nitrogens with one attached hydrogen (secondary N) is 2. The predicted molar refractivity (Wildman–Crippen MR) is 124 cm³/mol. The largest absolute Gasteiger partial charge is 0.322 e. The van der Waals surface area contributed by atoms with Gasteiger partial charge in [-0.25, -0.2) is 16.8 Å². The average molecular weight is 519 g/mol. The number of halogens is 2. The van der Waals surface area contributed by atoms with E-state index in [0.29, 0.717) is 10.0 Å². The normalized spacial score (nSPS) is 11.8. The lowest BCUT2D eigenvalue weighted by Gasteiger charge is -2.13. The third kappa shape index (κ3) is 5.58. The van der Waals surface area contributed by atoms with Gasteiger partial charge in [0.2, 0.25) is 0 Å². The Bertz CT molecular complexity index is 1340. The third-order valence-corrected chi connectivity index (χ3v) is 9.21. The summed E-state index contributed by atoms with van der Waals surface area (Å²) in [7, 11) is -7.33. The number of anilines is 2. The van der Waals surface area contributed by atoms with Crippen molar-refractivity contribution in [3.05, 3.63) is 69.5 Å². The van der Waals surface area contributed by atoms with E-state index in [1.807, 2.05) is 0 Å². The lowest BCUT2D eigenvalue weighted by molar-refractivity contribution is 0.102. The Morgan fingerprint density at radius 1 is 0.968 bits per heavy atom. The van der Waals surface area contributed by atoms with Crippen molar-refractivity contribution < 1.29 is 21.6 Å². The molecule has 0 fully saturated rings. The second kappa shape index (κ2) is 9.17. The van der Waals surface area contributed by atoms with Crippen LogP contribution < -0.4 is 10.0 Å². The predicted octanol–water partition coefficient (Wildman–Crippen LogP) is 4.90. The Kier molecular flexibility index (Phi) is 6.97. The first-order valence-electron chi connectivity index (χ1n) is 8.74. The van der Waals surface area contributed by atoms with E-state index in [-0.39, 0.29) is 31.1 Å².